The third-order valence-electron chi connectivity index (χ3n) is 4.98. The summed E-state index contributed by atoms with van der Waals surface area (Å²) in [5, 5.41) is 0. The van der Waals surface area contributed by atoms with Gasteiger partial charge in [0.2, 0.25) is 0 Å². The molecule has 0 saturated carbocycles. The molecule has 0 amide bonds. The molecule has 0 spiro atoms. The summed E-state index contributed by atoms with van der Waals surface area (Å²) in [5.41, 5.74) is 7.75. The van der Waals surface area contributed by atoms with E-state index in [1.54, 1.807) is 14.2 Å². The molecule has 3 aromatic rings. The molecular weight excluding hydrogens is 378 g/mol. The van der Waals surface area contributed by atoms with Crippen LogP contribution in [0.4, 0.5) is 0 Å². The zero-order valence-electron chi connectivity index (χ0n) is 17.5. The highest BCUT2D eigenvalue weighted by molar-refractivity contribution is 5.49. The van der Waals surface area contributed by atoms with E-state index >= 15 is 0 Å². The molecule has 0 saturated heterocycles. The second-order valence-electron chi connectivity index (χ2n) is 6.75. The molecule has 0 bridgehead atoms. The molecule has 0 radical (unpaired) electrons. The summed E-state index contributed by atoms with van der Waals surface area (Å²) in [6.07, 6.45) is 0. The molecule has 0 heterocycles. The summed E-state index contributed by atoms with van der Waals surface area (Å²) >= 11 is 0. The van der Waals surface area contributed by atoms with Gasteiger partial charge >= 0.3 is 0 Å². The van der Waals surface area contributed by atoms with Crippen molar-refractivity contribution in [3.8, 4) is 11.5 Å². The highest BCUT2D eigenvalue weighted by atomic mass is 16.5. The smallest absolute Gasteiger partial charge is 0.143 e. The van der Waals surface area contributed by atoms with Crippen molar-refractivity contribution in [2.24, 2.45) is 5.73 Å². The van der Waals surface area contributed by atoms with Gasteiger partial charge in [0.25, 0.3) is 0 Å². The zero-order chi connectivity index (χ0) is 21.2. The molecule has 0 unspecified atom stereocenters. The third-order valence-corrected chi connectivity index (χ3v) is 4.98. The Morgan fingerprint density at radius 1 is 0.633 bits per heavy atom. The predicted octanol–water partition coefficient (Wildman–Crippen LogP) is 3.99. The zero-order valence-corrected chi connectivity index (χ0v) is 17.5. The fourth-order valence-corrected chi connectivity index (χ4v) is 3.51. The summed E-state index contributed by atoms with van der Waals surface area (Å²) in [4.78, 5) is 0. The van der Waals surface area contributed by atoms with Crippen molar-refractivity contribution in [1.82, 2.24) is 0 Å². The second-order valence-corrected chi connectivity index (χ2v) is 6.75. The summed E-state index contributed by atoms with van der Waals surface area (Å²) in [7, 11) is 3.32. The van der Waals surface area contributed by atoms with Crippen LogP contribution in [0.15, 0.2) is 78.9 Å². The SMILES string of the molecule is COc1ccc(C(OCCOCCN)(c2ccccc2)c2ccc(OC)cc2)cc1. The summed E-state index contributed by atoms with van der Waals surface area (Å²) in [5.74, 6) is 1.59. The first-order chi connectivity index (χ1) is 14.7. The van der Waals surface area contributed by atoms with Gasteiger partial charge in [0, 0.05) is 6.54 Å². The van der Waals surface area contributed by atoms with Crippen molar-refractivity contribution < 1.29 is 18.9 Å². The van der Waals surface area contributed by atoms with Crippen LogP contribution in [0.2, 0.25) is 0 Å². The maximum atomic E-state index is 6.63. The lowest BCUT2D eigenvalue weighted by Gasteiger charge is -2.36. The van der Waals surface area contributed by atoms with Gasteiger partial charge in [0.05, 0.1) is 34.0 Å². The molecule has 0 atom stereocenters. The number of ether oxygens (including phenoxy) is 4. The molecule has 5 nitrogen and oxygen atoms in total. The first-order valence-corrected chi connectivity index (χ1v) is 10.0. The second kappa shape index (κ2) is 10.8. The molecule has 30 heavy (non-hydrogen) atoms. The van der Waals surface area contributed by atoms with Crippen LogP contribution in [0.25, 0.3) is 0 Å². The van der Waals surface area contributed by atoms with E-state index < -0.39 is 5.60 Å². The maximum absolute atomic E-state index is 6.63. The van der Waals surface area contributed by atoms with E-state index in [0.717, 1.165) is 28.2 Å². The number of hydrogen-bond donors (Lipinski definition) is 1. The molecular formula is C25H29NO4. The highest BCUT2D eigenvalue weighted by Gasteiger charge is 2.37. The Morgan fingerprint density at radius 3 is 1.60 bits per heavy atom. The fourth-order valence-electron chi connectivity index (χ4n) is 3.51. The van der Waals surface area contributed by atoms with Crippen molar-refractivity contribution in [3.63, 3.8) is 0 Å². The van der Waals surface area contributed by atoms with Crippen LogP contribution in [0.3, 0.4) is 0 Å². The highest BCUT2D eigenvalue weighted by Crippen LogP contribution is 2.41. The number of benzene rings is 3. The van der Waals surface area contributed by atoms with E-state index in [4.69, 9.17) is 24.7 Å². The lowest BCUT2D eigenvalue weighted by molar-refractivity contribution is -0.0225. The minimum Gasteiger partial charge on any atom is -0.497 e. The van der Waals surface area contributed by atoms with Crippen LogP contribution in [-0.4, -0.2) is 40.6 Å². The number of nitrogens with two attached hydrogens (primary N) is 1. The van der Waals surface area contributed by atoms with Crippen LogP contribution >= 0.6 is 0 Å². The summed E-state index contributed by atoms with van der Waals surface area (Å²) in [6, 6.07) is 26.1. The number of hydrogen-bond acceptors (Lipinski definition) is 5. The first kappa shape index (κ1) is 21.8. The van der Waals surface area contributed by atoms with E-state index in [1.807, 2.05) is 66.7 Å². The lowest BCUT2D eigenvalue weighted by Crippen LogP contribution is -2.34. The monoisotopic (exact) mass is 407 g/mol. The van der Waals surface area contributed by atoms with Gasteiger partial charge in [-0.25, -0.2) is 0 Å². The minimum absolute atomic E-state index is 0.410. The molecule has 0 fully saturated rings. The van der Waals surface area contributed by atoms with Crippen LogP contribution in [0.1, 0.15) is 16.7 Å². The van der Waals surface area contributed by atoms with Gasteiger partial charge in [-0.05, 0) is 41.0 Å². The average Bonchev–Trinajstić information content (AvgIpc) is 2.82. The molecule has 0 aliphatic carbocycles. The Bertz CT molecular complexity index is 832. The largest absolute Gasteiger partial charge is 0.497 e. The van der Waals surface area contributed by atoms with Crippen molar-refractivity contribution in [3.05, 3.63) is 95.6 Å². The van der Waals surface area contributed by atoms with Gasteiger partial charge in [0.1, 0.15) is 17.1 Å². The third kappa shape index (κ3) is 4.82. The Balaban J connectivity index is 2.10. The van der Waals surface area contributed by atoms with Gasteiger partial charge in [0.15, 0.2) is 0 Å². The number of methoxy groups -OCH3 is 2. The fraction of sp³-hybridized carbons (Fsp3) is 0.280. The molecule has 0 aliphatic rings. The van der Waals surface area contributed by atoms with Crippen molar-refractivity contribution in [2.75, 3.05) is 40.6 Å². The van der Waals surface area contributed by atoms with Crippen LogP contribution in [0, 0.1) is 0 Å². The van der Waals surface area contributed by atoms with E-state index in [0.29, 0.717) is 26.4 Å². The topological polar surface area (TPSA) is 62.9 Å². The van der Waals surface area contributed by atoms with E-state index in [2.05, 4.69) is 12.1 Å². The van der Waals surface area contributed by atoms with Crippen molar-refractivity contribution >= 4 is 0 Å². The number of rotatable bonds is 11. The van der Waals surface area contributed by atoms with E-state index in [1.165, 1.54) is 0 Å². The molecule has 2 N–H and O–H groups in total. The summed E-state index contributed by atoms with van der Waals surface area (Å²) in [6.45, 7) is 1.86. The van der Waals surface area contributed by atoms with Crippen LogP contribution in [-0.2, 0) is 15.1 Å². The average molecular weight is 408 g/mol. The molecule has 0 aromatic heterocycles. The molecule has 158 valence electrons. The lowest BCUT2D eigenvalue weighted by atomic mass is 9.80. The molecule has 0 aliphatic heterocycles. The van der Waals surface area contributed by atoms with Gasteiger partial charge in [-0.3, -0.25) is 0 Å². The van der Waals surface area contributed by atoms with Gasteiger partial charge < -0.3 is 24.7 Å². The minimum atomic E-state index is -0.814. The van der Waals surface area contributed by atoms with Gasteiger partial charge in [-0.1, -0.05) is 54.6 Å². The quantitative estimate of drug-likeness (QED) is 0.385. The maximum Gasteiger partial charge on any atom is 0.143 e. The van der Waals surface area contributed by atoms with Crippen molar-refractivity contribution in [2.45, 2.75) is 5.60 Å². The summed E-state index contributed by atoms with van der Waals surface area (Å²) < 4.78 is 22.9. The van der Waals surface area contributed by atoms with Crippen LogP contribution in [0.5, 0.6) is 11.5 Å². The van der Waals surface area contributed by atoms with E-state index in [-0.39, 0.29) is 0 Å². The first-order valence-electron chi connectivity index (χ1n) is 10.0. The standard InChI is InChI=1S/C25H29NO4/c1-27-23-12-8-21(9-13-23)25(20-6-4-3-5-7-20,30-19-18-29-17-16-26)22-10-14-24(28-2)15-11-22/h3-15H,16-19,26H2,1-2H3. The van der Waals surface area contributed by atoms with Crippen LogP contribution < -0.4 is 15.2 Å². The Morgan fingerprint density at radius 2 is 1.13 bits per heavy atom. The molecule has 3 rings (SSSR count). The molecule has 3 aromatic carbocycles. The Labute approximate surface area is 178 Å². The van der Waals surface area contributed by atoms with Gasteiger partial charge in [-0.15, -0.1) is 0 Å². The normalized spacial score (nSPS) is 11.3. The Hall–Kier alpha value is -2.86. The van der Waals surface area contributed by atoms with E-state index in [9.17, 15) is 0 Å². The van der Waals surface area contributed by atoms with Gasteiger partial charge in [-0.2, -0.15) is 0 Å². The Kier molecular flexibility index (Phi) is 7.85. The predicted molar refractivity (Wildman–Crippen MR) is 118 cm³/mol. The van der Waals surface area contributed by atoms with Crippen molar-refractivity contribution in [1.29, 1.82) is 0 Å². The molecule has 5 heteroatoms.